The Labute approximate surface area is 168 Å². The lowest BCUT2D eigenvalue weighted by Crippen LogP contribution is -2.48. The van der Waals surface area contributed by atoms with E-state index in [-0.39, 0.29) is 17.7 Å². The summed E-state index contributed by atoms with van der Waals surface area (Å²) >= 11 is 6.52. The molecule has 0 spiro atoms. The van der Waals surface area contributed by atoms with Crippen molar-refractivity contribution in [3.63, 3.8) is 0 Å². The van der Waals surface area contributed by atoms with Gasteiger partial charge in [-0.25, -0.2) is 14.5 Å². The Morgan fingerprint density at radius 2 is 1.93 bits per heavy atom. The third-order valence-corrected chi connectivity index (χ3v) is 10.8. The third-order valence-electron chi connectivity index (χ3n) is 5.88. The van der Waals surface area contributed by atoms with E-state index in [0.717, 1.165) is 36.3 Å². The van der Waals surface area contributed by atoms with Crippen molar-refractivity contribution < 1.29 is 18.8 Å². The van der Waals surface area contributed by atoms with Crippen LogP contribution in [0.5, 0.6) is 0 Å². The molecule has 0 saturated carbocycles. The fourth-order valence-electron chi connectivity index (χ4n) is 3.25. The molecule has 1 heterocycles. The van der Waals surface area contributed by atoms with E-state index >= 15 is 0 Å². The van der Waals surface area contributed by atoms with Crippen LogP contribution < -0.4 is 5.32 Å². The van der Waals surface area contributed by atoms with E-state index in [1.165, 1.54) is 4.90 Å². The summed E-state index contributed by atoms with van der Waals surface area (Å²) in [5, 5.41) is 3.75. The molecule has 6 nitrogen and oxygen atoms in total. The van der Waals surface area contributed by atoms with E-state index in [1.807, 2.05) is 0 Å². The molecule has 0 bridgehead atoms. The van der Waals surface area contributed by atoms with E-state index in [1.54, 1.807) is 6.92 Å². The zero-order valence-corrected chi connectivity index (χ0v) is 19.1. The van der Waals surface area contributed by atoms with Crippen LogP contribution in [0.25, 0.3) is 0 Å². The molecular formula is C19H33ClN2O4Si. The molecule has 8 heteroatoms. The zero-order valence-electron chi connectivity index (χ0n) is 17.4. The van der Waals surface area contributed by atoms with Crippen molar-refractivity contribution in [2.45, 2.75) is 83.6 Å². The van der Waals surface area contributed by atoms with Gasteiger partial charge in [0.15, 0.2) is 8.32 Å². The summed E-state index contributed by atoms with van der Waals surface area (Å²) in [6, 6.07) is -1.21. The van der Waals surface area contributed by atoms with Gasteiger partial charge in [0.2, 0.25) is 0 Å². The predicted octanol–water partition coefficient (Wildman–Crippen LogP) is 4.99. The maximum absolute atomic E-state index is 12.6. The normalized spacial score (nSPS) is 24.3. The van der Waals surface area contributed by atoms with Crippen LogP contribution in [0.4, 0.5) is 9.59 Å². The molecule has 1 fully saturated rings. The van der Waals surface area contributed by atoms with Crippen LogP contribution in [0.15, 0.2) is 10.6 Å². The highest BCUT2D eigenvalue weighted by atomic mass is 35.5. The molecular weight excluding hydrogens is 384 g/mol. The SMILES string of the molecule is CCOC(=O)N1C(=O)N[C@@H](CO[Si](C)(C)C(C)(C)C)[C@@H]1C1=C(Cl)CCCC1. The standard InChI is InChI=1S/C19H33ClN2O4Si/c1-7-25-18(24)22-16(13-10-8-9-11-14(13)20)15(21-17(22)23)12-26-27(5,6)19(2,3)4/h15-16H,7-12H2,1-6H3,(H,21,23)/t15-,16-/m0/s1. The van der Waals surface area contributed by atoms with Crippen molar-refractivity contribution in [2.75, 3.05) is 13.2 Å². The van der Waals surface area contributed by atoms with Crippen molar-refractivity contribution in [3.8, 4) is 0 Å². The highest BCUT2D eigenvalue weighted by Crippen LogP contribution is 2.38. The van der Waals surface area contributed by atoms with Crippen LogP contribution in [0, 0.1) is 0 Å². The smallest absolute Gasteiger partial charge is 0.418 e. The topological polar surface area (TPSA) is 67.9 Å². The third kappa shape index (κ3) is 4.87. The predicted molar refractivity (Wildman–Crippen MR) is 109 cm³/mol. The van der Waals surface area contributed by atoms with Crippen molar-refractivity contribution >= 4 is 32.0 Å². The van der Waals surface area contributed by atoms with Gasteiger partial charge in [0.25, 0.3) is 0 Å². The van der Waals surface area contributed by atoms with Gasteiger partial charge in [-0.2, -0.15) is 0 Å². The van der Waals surface area contributed by atoms with Gasteiger partial charge in [-0.3, -0.25) is 0 Å². The highest BCUT2D eigenvalue weighted by molar-refractivity contribution is 6.74. The number of nitrogens with zero attached hydrogens (tertiary/aromatic N) is 1. The zero-order chi connectivity index (χ0) is 20.4. The van der Waals surface area contributed by atoms with E-state index in [2.05, 4.69) is 39.2 Å². The molecule has 2 aliphatic rings. The fourth-order valence-corrected chi connectivity index (χ4v) is 4.62. The molecule has 2 rings (SSSR count). The van der Waals surface area contributed by atoms with Crippen molar-refractivity contribution in [1.82, 2.24) is 10.2 Å². The van der Waals surface area contributed by atoms with Crippen molar-refractivity contribution in [2.24, 2.45) is 0 Å². The van der Waals surface area contributed by atoms with Gasteiger partial charge in [0, 0.05) is 5.03 Å². The monoisotopic (exact) mass is 416 g/mol. The lowest BCUT2D eigenvalue weighted by atomic mass is 9.90. The Kier molecular flexibility index (Phi) is 7.03. The number of amides is 3. The molecule has 1 N–H and O–H groups in total. The summed E-state index contributed by atoms with van der Waals surface area (Å²) in [6.45, 7) is 13.2. The van der Waals surface area contributed by atoms with E-state index in [4.69, 9.17) is 20.8 Å². The summed E-state index contributed by atoms with van der Waals surface area (Å²) in [5.74, 6) is 0. The number of carbonyl (C=O) groups is 2. The molecule has 0 radical (unpaired) electrons. The Balaban J connectivity index is 2.29. The van der Waals surface area contributed by atoms with Crippen molar-refractivity contribution in [3.05, 3.63) is 10.6 Å². The van der Waals surface area contributed by atoms with Crippen LogP contribution >= 0.6 is 11.6 Å². The van der Waals surface area contributed by atoms with E-state index in [9.17, 15) is 9.59 Å². The summed E-state index contributed by atoms with van der Waals surface area (Å²) in [6.07, 6.45) is 2.97. The number of nitrogens with one attached hydrogen (secondary N) is 1. The van der Waals surface area contributed by atoms with Gasteiger partial charge < -0.3 is 14.5 Å². The Hall–Kier alpha value is -1.05. The van der Waals surface area contributed by atoms with Gasteiger partial charge in [0.1, 0.15) is 0 Å². The molecule has 27 heavy (non-hydrogen) atoms. The summed E-state index contributed by atoms with van der Waals surface area (Å²) in [7, 11) is -1.99. The van der Waals surface area contributed by atoms with Gasteiger partial charge in [-0.05, 0) is 56.3 Å². The lowest BCUT2D eigenvalue weighted by Gasteiger charge is -2.38. The first-order valence-corrected chi connectivity index (χ1v) is 13.1. The van der Waals surface area contributed by atoms with Crippen LogP contribution in [-0.2, 0) is 9.16 Å². The average molecular weight is 417 g/mol. The quantitative estimate of drug-likeness (QED) is 0.640. The number of ether oxygens (including phenoxy) is 1. The van der Waals surface area contributed by atoms with Crippen LogP contribution in [0.3, 0.4) is 0 Å². The van der Waals surface area contributed by atoms with Crippen LogP contribution in [0.2, 0.25) is 18.1 Å². The van der Waals surface area contributed by atoms with Gasteiger partial charge in [0.05, 0.1) is 25.3 Å². The maximum atomic E-state index is 12.6. The first-order valence-electron chi connectivity index (χ1n) is 9.77. The molecule has 0 unspecified atom stereocenters. The Bertz CT molecular complexity index is 615. The number of hydrogen-bond donors (Lipinski definition) is 1. The second-order valence-corrected chi connectivity index (χ2v) is 14.0. The maximum Gasteiger partial charge on any atom is 0.418 e. The average Bonchev–Trinajstić information content (AvgIpc) is 2.89. The summed E-state index contributed by atoms with van der Waals surface area (Å²) in [4.78, 5) is 26.2. The molecule has 154 valence electrons. The number of carbonyl (C=O) groups excluding carboxylic acids is 2. The van der Waals surface area contributed by atoms with Gasteiger partial charge in [-0.1, -0.05) is 32.4 Å². The molecule has 1 aliphatic heterocycles. The molecule has 0 aromatic rings. The van der Waals surface area contributed by atoms with Gasteiger partial charge >= 0.3 is 12.1 Å². The number of allylic oxidation sites excluding steroid dienone is 1. The van der Waals surface area contributed by atoms with Crippen molar-refractivity contribution in [1.29, 1.82) is 0 Å². The molecule has 0 aromatic carbocycles. The second kappa shape index (κ2) is 8.53. The molecule has 1 saturated heterocycles. The van der Waals surface area contributed by atoms with Crippen LogP contribution in [0.1, 0.15) is 53.4 Å². The van der Waals surface area contributed by atoms with E-state index in [0.29, 0.717) is 6.61 Å². The molecule has 2 atom stereocenters. The Morgan fingerprint density at radius 3 is 2.48 bits per heavy atom. The first kappa shape index (κ1) is 22.2. The summed E-state index contributed by atoms with van der Waals surface area (Å²) < 4.78 is 11.5. The highest BCUT2D eigenvalue weighted by Gasteiger charge is 2.48. The number of imide groups is 1. The molecule has 0 aromatic heterocycles. The number of hydrogen-bond acceptors (Lipinski definition) is 4. The number of urea groups is 1. The Morgan fingerprint density at radius 1 is 1.30 bits per heavy atom. The lowest BCUT2D eigenvalue weighted by molar-refractivity contribution is 0.110. The molecule has 1 aliphatic carbocycles. The minimum Gasteiger partial charge on any atom is -0.449 e. The van der Waals surface area contributed by atoms with Gasteiger partial charge in [-0.15, -0.1) is 0 Å². The summed E-state index contributed by atoms with van der Waals surface area (Å²) in [5.41, 5.74) is 0.957. The fraction of sp³-hybridized carbons (Fsp3) is 0.789. The number of halogens is 1. The largest absolute Gasteiger partial charge is 0.449 e. The minimum absolute atomic E-state index is 0.0632. The minimum atomic E-state index is -1.99. The first-order chi connectivity index (χ1) is 12.5. The van der Waals surface area contributed by atoms with Crippen LogP contribution in [-0.4, -0.2) is 50.6 Å². The molecule has 3 amide bonds. The number of rotatable bonds is 5. The van der Waals surface area contributed by atoms with E-state index < -0.39 is 26.5 Å². The second-order valence-electron chi connectivity index (χ2n) is 8.78.